The molecule has 5 nitrogen and oxygen atoms in total. The third-order valence-corrected chi connectivity index (χ3v) is 4.11. The molecule has 0 aromatic carbocycles. The Morgan fingerprint density at radius 1 is 1.30 bits per heavy atom. The fourth-order valence-corrected chi connectivity index (χ4v) is 2.01. The lowest BCUT2D eigenvalue weighted by atomic mass is 9.91. The number of likely N-dealkylation sites (tertiary alicyclic amines) is 1. The molecule has 1 aliphatic rings. The summed E-state index contributed by atoms with van der Waals surface area (Å²) in [5.74, 6) is 0.224. The van der Waals surface area contributed by atoms with E-state index in [9.17, 15) is 4.79 Å². The van der Waals surface area contributed by atoms with E-state index in [1.165, 1.54) is 4.90 Å². The summed E-state index contributed by atoms with van der Waals surface area (Å²) in [6, 6.07) is 3.30. The first-order valence-corrected chi connectivity index (χ1v) is 6.69. The molecule has 1 heterocycles. The van der Waals surface area contributed by atoms with Crippen molar-refractivity contribution in [3.63, 3.8) is 0 Å². The molecular weight excluding hydrogens is 276 g/mol. The number of carbonyl (C=O) groups is 1. The zero-order valence-electron chi connectivity index (χ0n) is 12.5. The first-order valence-electron chi connectivity index (χ1n) is 6.69. The number of nitriles is 2. The van der Waals surface area contributed by atoms with Crippen molar-refractivity contribution in [3.05, 3.63) is 0 Å². The summed E-state index contributed by atoms with van der Waals surface area (Å²) in [4.78, 5) is 13.6. The number of carbonyl (C=O) groups excluding carboxylic acids is 1. The third kappa shape index (κ3) is 4.10. The van der Waals surface area contributed by atoms with Crippen LogP contribution in [0.3, 0.4) is 0 Å². The monoisotopic (exact) mass is 298 g/mol. The van der Waals surface area contributed by atoms with E-state index in [1.54, 1.807) is 0 Å². The highest BCUT2D eigenvalue weighted by Gasteiger charge is 2.37. The zero-order valence-corrected chi connectivity index (χ0v) is 13.3. The molecule has 6 heteroatoms. The van der Waals surface area contributed by atoms with Crippen molar-refractivity contribution < 1.29 is 4.79 Å². The average molecular weight is 299 g/mol. The van der Waals surface area contributed by atoms with Gasteiger partial charge in [0.05, 0.1) is 18.7 Å². The molecule has 0 saturated carbocycles. The van der Waals surface area contributed by atoms with E-state index in [-0.39, 0.29) is 30.4 Å². The van der Waals surface area contributed by atoms with Crippen LogP contribution in [-0.2, 0) is 4.79 Å². The Balaban J connectivity index is 0.00000361. The van der Waals surface area contributed by atoms with Crippen LogP contribution in [0.2, 0.25) is 0 Å². The maximum atomic E-state index is 12.2. The van der Waals surface area contributed by atoms with Crippen molar-refractivity contribution in [2.45, 2.75) is 58.2 Å². The minimum Gasteiger partial charge on any atom is -0.310 e. The molecule has 0 bridgehead atoms. The fraction of sp³-hybridized carbons (Fsp3) is 0.786. The molecule has 20 heavy (non-hydrogen) atoms. The number of hydrogen-bond acceptors (Lipinski definition) is 4. The van der Waals surface area contributed by atoms with Gasteiger partial charge >= 0.3 is 0 Å². The number of nitrogens with zero attached hydrogens (tertiary/aromatic N) is 3. The van der Waals surface area contributed by atoms with Gasteiger partial charge in [-0.15, -0.1) is 12.4 Å². The molecule has 112 valence electrons. The molecular formula is C14H23ClN4O. The lowest BCUT2D eigenvalue weighted by Crippen LogP contribution is -2.51. The number of rotatable bonds is 4. The quantitative estimate of drug-likeness (QED) is 0.859. The number of nitrogens with one attached hydrogen (secondary N) is 1. The Morgan fingerprint density at radius 3 is 2.10 bits per heavy atom. The summed E-state index contributed by atoms with van der Waals surface area (Å²) >= 11 is 0. The summed E-state index contributed by atoms with van der Waals surface area (Å²) < 4.78 is 0. The first-order chi connectivity index (χ1) is 8.83. The standard InChI is InChI=1S/C14H22N4O.ClH/c1-10(2)14(3,4)17-9-13(19)18-11(7-15)5-6-12(18)8-16;/h10-12,17H,5-6,9H2,1-4H3;1H/t11-,12+;. The van der Waals surface area contributed by atoms with Crippen LogP contribution < -0.4 is 5.32 Å². The van der Waals surface area contributed by atoms with E-state index in [0.717, 1.165) is 0 Å². The molecule has 0 radical (unpaired) electrons. The summed E-state index contributed by atoms with van der Waals surface area (Å²) in [6.45, 7) is 8.42. The van der Waals surface area contributed by atoms with Gasteiger partial charge in [-0.05, 0) is 32.6 Å². The number of halogens is 1. The van der Waals surface area contributed by atoms with E-state index in [2.05, 4.69) is 31.3 Å². The molecule has 1 rings (SSSR count). The van der Waals surface area contributed by atoms with Crippen LogP contribution in [-0.4, -0.2) is 35.0 Å². The largest absolute Gasteiger partial charge is 0.310 e. The van der Waals surface area contributed by atoms with Crippen LogP contribution in [0, 0.1) is 28.6 Å². The third-order valence-electron chi connectivity index (χ3n) is 4.11. The molecule has 0 spiro atoms. The SMILES string of the molecule is CC(C)C(C)(C)NCC(=O)N1[C@H](C#N)CC[C@@H]1C#N.Cl. The van der Waals surface area contributed by atoms with E-state index in [0.29, 0.717) is 18.8 Å². The Labute approximate surface area is 127 Å². The Hall–Kier alpha value is -1.30. The normalized spacial score (nSPS) is 22.1. The summed E-state index contributed by atoms with van der Waals surface area (Å²) in [5, 5.41) is 21.3. The van der Waals surface area contributed by atoms with Gasteiger partial charge < -0.3 is 10.2 Å². The van der Waals surface area contributed by atoms with Crippen LogP contribution in [0.1, 0.15) is 40.5 Å². The second-order valence-electron chi connectivity index (χ2n) is 5.90. The van der Waals surface area contributed by atoms with E-state index in [4.69, 9.17) is 10.5 Å². The molecule has 1 fully saturated rings. The van der Waals surface area contributed by atoms with E-state index >= 15 is 0 Å². The van der Waals surface area contributed by atoms with Gasteiger partial charge in [0.2, 0.25) is 5.91 Å². The summed E-state index contributed by atoms with van der Waals surface area (Å²) in [6.07, 6.45) is 1.18. The minimum atomic E-state index is -0.457. The van der Waals surface area contributed by atoms with Crippen molar-refractivity contribution in [1.82, 2.24) is 10.2 Å². The van der Waals surface area contributed by atoms with Gasteiger partial charge in [-0.25, -0.2) is 0 Å². The maximum absolute atomic E-state index is 12.2. The molecule has 1 aliphatic heterocycles. The topological polar surface area (TPSA) is 79.9 Å². The van der Waals surface area contributed by atoms with E-state index in [1.807, 2.05) is 13.8 Å². The zero-order chi connectivity index (χ0) is 14.6. The average Bonchev–Trinajstić information content (AvgIpc) is 2.78. The van der Waals surface area contributed by atoms with Crippen molar-refractivity contribution in [3.8, 4) is 12.1 Å². The van der Waals surface area contributed by atoms with Gasteiger partial charge in [0, 0.05) is 5.54 Å². The van der Waals surface area contributed by atoms with Gasteiger partial charge in [0.25, 0.3) is 0 Å². The highest BCUT2D eigenvalue weighted by atomic mass is 35.5. The van der Waals surface area contributed by atoms with Crippen LogP contribution in [0.15, 0.2) is 0 Å². The van der Waals surface area contributed by atoms with Gasteiger partial charge in [0.1, 0.15) is 12.1 Å². The molecule has 0 aromatic rings. The molecule has 0 aromatic heterocycles. The minimum absolute atomic E-state index is 0. The second-order valence-corrected chi connectivity index (χ2v) is 5.90. The van der Waals surface area contributed by atoms with Crippen LogP contribution >= 0.6 is 12.4 Å². The van der Waals surface area contributed by atoms with Crippen molar-refractivity contribution >= 4 is 18.3 Å². The maximum Gasteiger partial charge on any atom is 0.238 e. The van der Waals surface area contributed by atoms with Crippen molar-refractivity contribution in [1.29, 1.82) is 10.5 Å². The van der Waals surface area contributed by atoms with Gasteiger partial charge in [-0.3, -0.25) is 4.79 Å². The Bertz CT molecular complexity index is 400. The van der Waals surface area contributed by atoms with Crippen LogP contribution in [0.4, 0.5) is 0 Å². The Kier molecular flexibility index (Phi) is 6.99. The van der Waals surface area contributed by atoms with Crippen LogP contribution in [0.5, 0.6) is 0 Å². The summed E-state index contributed by atoms with van der Waals surface area (Å²) in [5.41, 5.74) is -0.153. The molecule has 1 amide bonds. The summed E-state index contributed by atoms with van der Waals surface area (Å²) in [7, 11) is 0. The smallest absolute Gasteiger partial charge is 0.238 e. The fourth-order valence-electron chi connectivity index (χ4n) is 2.01. The highest BCUT2D eigenvalue weighted by Crippen LogP contribution is 2.23. The predicted molar refractivity (Wildman–Crippen MR) is 79.0 cm³/mol. The molecule has 1 N–H and O–H groups in total. The molecule has 0 aliphatic carbocycles. The number of hydrogen-bond donors (Lipinski definition) is 1. The van der Waals surface area contributed by atoms with E-state index < -0.39 is 12.1 Å². The second kappa shape index (κ2) is 7.47. The number of amides is 1. The van der Waals surface area contributed by atoms with Crippen LogP contribution in [0.25, 0.3) is 0 Å². The molecule has 0 unspecified atom stereocenters. The van der Waals surface area contributed by atoms with Gasteiger partial charge in [-0.1, -0.05) is 13.8 Å². The van der Waals surface area contributed by atoms with Gasteiger partial charge in [0.15, 0.2) is 0 Å². The van der Waals surface area contributed by atoms with Crippen molar-refractivity contribution in [2.75, 3.05) is 6.54 Å². The lowest BCUT2D eigenvalue weighted by Gasteiger charge is -2.32. The first kappa shape index (κ1) is 18.7. The van der Waals surface area contributed by atoms with Crippen molar-refractivity contribution in [2.24, 2.45) is 5.92 Å². The Morgan fingerprint density at radius 2 is 1.75 bits per heavy atom. The van der Waals surface area contributed by atoms with Gasteiger partial charge in [-0.2, -0.15) is 10.5 Å². The molecule has 2 atom stereocenters. The lowest BCUT2D eigenvalue weighted by molar-refractivity contribution is -0.131. The predicted octanol–water partition coefficient (Wildman–Crippen LogP) is 1.84. The molecule has 1 saturated heterocycles. The highest BCUT2D eigenvalue weighted by molar-refractivity contribution is 5.85.